The van der Waals surface area contributed by atoms with Crippen LogP contribution in [-0.2, 0) is 31.0 Å². The van der Waals surface area contributed by atoms with E-state index in [0.717, 1.165) is 11.1 Å². The van der Waals surface area contributed by atoms with Gasteiger partial charge in [-0.1, -0.05) is 59.1 Å². The average Bonchev–Trinajstić information content (AvgIpc) is 3.35. The Morgan fingerprint density at radius 2 is 1.55 bits per heavy atom. The van der Waals surface area contributed by atoms with Crippen LogP contribution in [0.25, 0.3) is 22.7 Å². The smallest absolute Gasteiger partial charge is 0.335 e. The number of aryl methyl sites for hydroxylation is 1. The second kappa shape index (κ2) is 13.8. The summed E-state index contributed by atoms with van der Waals surface area (Å²) in [6, 6.07) is 19.5. The molecule has 0 unspecified atom stereocenters. The molecule has 7 nitrogen and oxygen atoms in total. The van der Waals surface area contributed by atoms with E-state index in [2.05, 4.69) is 5.32 Å². The molecule has 0 spiro atoms. The van der Waals surface area contributed by atoms with E-state index < -0.39 is 7.60 Å². The van der Waals surface area contributed by atoms with Crippen LogP contribution in [-0.4, -0.2) is 24.1 Å². The summed E-state index contributed by atoms with van der Waals surface area (Å²) >= 11 is 18.3. The highest BCUT2D eigenvalue weighted by Gasteiger charge is 2.24. The van der Waals surface area contributed by atoms with E-state index in [-0.39, 0.29) is 18.5 Å². The molecule has 0 bridgehead atoms. The first-order chi connectivity index (χ1) is 19.2. The van der Waals surface area contributed by atoms with Crippen LogP contribution < -0.4 is 5.32 Å². The Morgan fingerprint density at radius 1 is 0.900 bits per heavy atom. The third-order valence-corrected chi connectivity index (χ3v) is 8.87. The minimum atomic E-state index is -3.21. The monoisotopic (exact) mass is 620 g/mol. The third-order valence-electron chi connectivity index (χ3n) is 5.83. The summed E-state index contributed by atoms with van der Waals surface area (Å²) in [6.45, 7) is 4.14. The van der Waals surface area contributed by atoms with Crippen LogP contribution in [0, 0.1) is 0 Å². The van der Waals surface area contributed by atoms with Crippen molar-refractivity contribution in [3.63, 3.8) is 0 Å². The van der Waals surface area contributed by atoms with Gasteiger partial charge in [-0.05, 0) is 61.9 Å². The number of amides is 1. The molecule has 11 heteroatoms. The highest BCUT2D eigenvalue weighted by molar-refractivity contribution is 7.53. The fourth-order valence-electron chi connectivity index (χ4n) is 4.00. The van der Waals surface area contributed by atoms with Crippen molar-refractivity contribution >= 4 is 54.0 Å². The van der Waals surface area contributed by atoms with Crippen molar-refractivity contribution < 1.29 is 22.8 Å². The molecule has 210 valence electrons. The second-order valence-corrected chi connectivity index (χ2v) is 12.1. The maximum absolute atomic E-state index is 12.8. The topological polar surface area (TPSA) is 90.7 Å². The van der Waals surface area contributed by atoms with Crippen molar-refractivity contribution in [3.8, 4) is 22.7 Å². The predicted molar refractivity (Wildman–Crippen MR) is 160 cm³/mol. The fourth-order valence-corrected chi connectivity index (χ4v) is 6.12. The zero-order valence-electron chi connectivity index (χ0n) is 22.0. The SMILES string of the molecule is CCOP(=O)(Cc1ccc(NC(=O)CCc2oc(-c3ccc(Cl)c(Cl)c3)nc2-c2ccc(Cl)cc2)cc1)OCC. The van der Waals surface area contributed by atoms with Crippen molar-refractivity contribution in [1.82, 2.24) is 4.98 Å². The van der Waals surface area contributed by atoms with Crippen LogP contribution in [0.4, 0.5) is 5.69 Å². The Kier molecular flexibility index (Phi) is 10.5. The molecule has 1 heterocycles. The molecule has 0 saturated carbocycles. The van der Waals surface area contributed by atoms with Crippen molar-refractivity contribution in [3.05, 3.63) is 93.1 Å². The average molecular weight is 622 g/mol. The molecule has 1 amide bonds. The Hall–Kier alpha value is -2.64. The van der Waals surface area contributed by atoms with Gasteiger partial charge in [-0.15, -0.1) is 0 Å². The lowest BCUT2D eigenvalue weighted by molar-refractivity contribution is -0.116. The first-order valence-corrected chi connectivity index (χ1v) is 15.5. The molecule has 0 atom stereocenters. The molecule has 40 heavy (non-hydrogen) atoms. The van der Waals surface area contributed by atoms with Crippen molar-refractivity contribution in [2.45, 2.75) is 32.9 Å². The lowest BCUT2D eigenvalue weighted by Crippen LogP contribution is -2.12. The third kappa shape index (κ3) is 7.97. The van der Waals surface area contributed by atoms with E-state index in [1.54, 1.807) is 68.4 Å². The van der Waals surface area contributed by atoms with Gasteiger partial charge in [0.2, 0.25) is 11.8 Å². The molecule has 4 rings (SSSR count). The number of nitrogens with one attached hydrogen (secondary N) is 1. The quantitative estimate of drug-likeness (QED) is 0.159. The standard InChI is InChI=1S/C29H28Cl3N2O5P/c1-3-37-40(36,38-4-2)18-19-5-12-23(13-6-19)33-27(35)16-15-26-28(20-7-10-22(30)11-8-20)34-29(39-26)21-9-14-24(31)25(32)17-21/h5-14,17H,3-4,15-16,18H2,1-2H3,(H,33,35). The molecule has 4 aromatic rings. The number of benzene rings is 3. The molecule has 0 fully saturated rings. The zero-order chi connectivity index (χ0) is 28.7. The number of carbonyl (C=O) groups is 1. The number of carbonyl (C=O) groups excluding carboxylic acids is 1. The van der Waals surface area contributed by atoms with Gasteiger partial charge in [0.15, 0.2) is 0 Å². The molecule has 1 N–H and O–H groups in total. The van der Waals surface area contributed by atoms with Crippen LogP contribution in [0.5, 0.6) is 0 Å². The maximum Gasteiger partial charge on any atom is 0.335 e. The first-order valence-electron chi connectivity index (χ1n) is 12.7. The summed E-state index contributed by atoms with van der Waals surface area (Å²) in [5.41, 5.74) is 3.49. The van der Waals surface area contributed by atoms with E-state index in [1.807, 2.05) is 12.1 Å². The minimum Gasteiger partial charge on any atom is -0.440 e. The minimum absolute atomic E-state index is 0.155. The summed E-state index contributed by atoms with van der Waals surface area (Å²) in [4.78, 5) is 17.5. The lowest BCUT2D eigenvalue weighted by atomic mass is 10.1. The normalized spacial score (nSPS) is 11.5. The Bertz CT molecular complexity index is 1500. The van der Waals surface area contributed by atoms with E-state index in [4.69, 9.17) is 53.3 Å². The number of hydrogen-bond acceptors (Lipinski definition) is 6. The van der Waals surface area contributed by atoms with Crippen LogP contribution >= 0.6 is 42.4 Å². The van der Waals surface area contributed by atoms with Crippen molar-refractivity contribution in [2.24, 2.45) is 0 Å². The van der Waals surface area contributed by atoms with Gasteiger partial charge in [0, 0.05) is 34.7 Å². The Labute approximate surface area is 248 Å². The fraction of sp³-hybridized carbons (Fsp3) is 0.241. The molecule has 0 aliphatic heterocycles. The van der Waals surface area contributed by atoms with Crippen LogP contribution in [0.15, 0.2) is 71.1 Å². The van der Waals surface area contributed by atoms with Gasteiger partial charge in [0.1, 0.15) is 11.5 Å². The summed E-state index contributed by atoms with van der Waals surface area (Å²) in [5, 5.41) is 4.30. The highest BCUT2D eigenvalue weighted by Crippen LogP contribution is 2.51. The van der Waals surface area contributed by atoms with Gasteiger partial charge < -0.3 is 18.8 Å². The summed E-state index contributed by atoms with van der Waals surface area (Å²) in [7, 11) is -3.21. The number of anilines is 1. The van der Waals surface area contributed by atoms with Crippen molar-refractivity contribution in [2.75, 3.05) is 18.5 Å². The van der Waals surface area contributed by atoms with Crippen LogP contribution in [0.1, 0.15) is 31.6 Å². The Balaban J connectivity index is 1.46. The number of halogens is 3. The Morgan fingerprint density at radius 3 is 2.17 bits per heavy atom. The summed E-state index contributed by atoms with van der Waals surface area (Å²) < 4.78 is 29.6. The lowest BCUT2D eigenvalue weighted by Gasteiger charge is -2.17. The number of nitrogens with zero attached hydrogens (tertiary/aromatic N) is 1. The van der Waals surface area contributed by atoms with Gasteiger partial charge in [-0.3, -0.25) is 9.36 Å². The highest BCUT2D eigenvalue weighted by atomic mass is 35.5. The van der Waals surface area contributed by atoms with E-state index in [1.165, 1.54) is 0 Å². The van der Waals surface area contributed by atoms with Crippen LogP contribution in [0.3, 0.4) is 0 Å². The largest absolute Gasteiger partial charge is 0.440 e. The number of oxazole rings is 1. The zero-order valence-corrected chi connectivity index (χ0v) is 25.1. The number of hydrogen-bond donors (Lipinski definition) is 1. The first kappa shape index (κ1) is 30.3. The van der Waals surface area contributed by atoms with E-state index >= 15 is 0 Å². The molecular weight excluding hydrogens is 594 g/mol. The maximum atomic E-state index is 12.8. The summed E-state index contributed by atoms with van der Waals surface area (Å²) in [6.07, 6.45) is 0.618. The van der Waals surface area contributed by atoms with Gasteiger partial charge in [-0.25, -0.2) is 4.98 Å². The van der Waals surface area contributed by atoms with Gasteiger partial charge in [0.05, 0.1) is 29.4 Å². The number of aromatic nitrogens is 1. The molecule has 0 saturated heterocycles. The van der Waals surface area contributed by atoms with E-state index in [0.29, 0.717) is 63.3 Å². The van der Waals surface area contributed by atoms with Gasteiger partial charge in [-0.2, -0.15) is 0 Å². The van der Waals surface area contributed by atoms with E-state index in [9.17, 15) is 9.36 Å². The number of rotatable bonds is 12. The molecule has 0 aliphatic carbocycles. The van der Waals surface area contributed by atoms with Crippen LogP contribution in [0.2, 0.25) is 15.1 Å². The predicted octanol–water partition coefficient (Wildman–Crippen LogP) is 9.31. The molecule has 0 aliphatic rings. The van der Waals surface area contributed by atoms with Gasteiger partial charge >= 0.3 is 7.60 Å². The molecule has 0 radical (unpaired) electrons. The molecule has 1 aromatic heterocycles. The molecular formula is C29H28Cl3N2O5P. The summed E-state index contributed by atoms with van der Waals surface area (Å²) in [5.74, 6) is 0.721. The second-order valence-electron chi connectivity index (χ2n) is 8.78. The van der Waals surface area contributed by atoms with Crippen molar-refractivity contribution in [1.29, 1.82) is 0 Å². The van der Waals surface area contributed by atoms with Gasteiger partial charge in [0.25, 0.3) is 0 Å². The molecule has 3 aromatic carbocycles.